The van der Waals surface area contributed by atoms with Gasteiger partial charge in [-0.15, -0.1) is 0 Å². The Balaban J connectivity index is 1.46. The molecule has 0 saturated carbocycles. The fourth-order valence-electron chi connectivity index (χ4n) is 4.61. The quantitative estimate of drug-likeness (QED) is 0.200. The number of carbonyl (C=O) groups excluding carboxylic acids is 1. The van der Waals surface area contributed by atoms with Crippen molar-refractivity contribution in [2.75, 3.05) is 5.73 Å². The van der Waals surface area contributed by atoms with E-state index in [0.717, 1.165) is 15.7 Å². The van der Waals surface area contributed by atoms with Crippen molar-refractivity contribution in [3.63, 3.8) is 0 Å². The lowest BCUT2D eigenvalue weighted by atomic mass is 9.98. The molecule has 0 bridgehead atoms. The lowest BCUT2D eigenvalue weighted by Crippen LogP contribution is -2.26. The molecule has 0 saturated heterocycles. The number of hydrogen-bond donors (Lipinski definition) is 1. The number of pyridine rings is 2. The summed E-state index contributed by atoms with van der Waals surface area (Å²) in [7, 11) is 0. The monoisotopic (exact) mass is 550 g/mol. The fraction of sp³-hybridized carbons (Fsp3) is 0.129. The zero-order valence-electron chi connectivity index (χ0n) is 22.2. The standard InChI is InChI=1S/C31H24F2N6O2/c1-4-38-17-21(16-37-38)20-14-25(29(34)36-15-20)24-10-5-19(12-27(24)33)13-28(40)26-11-18(2)30(35-3)39(31(26)41)23-8-6-22(32)7-9-23/h5-12,14-17H,4,13H2,1-2H3,(H2,34,36). The fourth-order valence-corrected chi connectivity index (χ4v) is 4.61. The van der Waals surface area contributed by atoms with E-state index in [1.807, 2.05) is 13.1 Å². The second kappa shape index (κ2) is 11.0. The minimum atomic E-state index is -0.711. The van der Waals surface area contributed by atoms with Crippen molar-refractivity contribution in [2.45, 2.75) is 26.8 Å². The Morgan fingerprint density at radius 1 is 1.02 bits per heavy atom. The first-order chi connectivity index (χ1) is 19.7. The third-order valence-electron chi connectivity index (χ3n) is 6.75. The molecule has 0 atom stereocenters. The highest BCUT2D eigenvalue weighted by Gasteiger charge is 2.22. The van der Waals surface area contributed by atoms with Gasteiger partial charge in [-0.3, -0.25) is 9.48 Å². The molecule has 0 unspecified atom stereocenters. The van der Waals surface area contributed by atoms with Crippen LogP contribution in [0.2, 0.25) is 0 Å². The van der Waals surface area contributed by atoms with Crippen LogP contribution >= 0.6 is 0 Å². The number of aromatic nitrogens is 4. The topological polar surface area (TPSA) is 100 Å². The van der Waals surface area contributed by atoms with Crippen molar-refractivity contribution in [3.8, 4) is 27.9 Å². The van der Waals surface area contributed by atoms with Crippen LogP contribution in [0.1, 0.15) is 28.4 Å². The first kappa shape index (κ1) is 27.1. The van der Waals surface area contributed by atoms with Gasteiger partial charge in [0.15, 0.2) is 5.78 Å². The number of anilines is 1. The summed E-state index contributed by atoms with van der Waals surface area (Å²) in [6.07, 6.45) is 4.90. The molecule has 0 fully saturated rings. The van der Waals surface area contributed by atoms with Gasteiger partial charge in [-0.1, -0.05) is 18.7 Å². The molecule has 0 aliphatic rings. The molecule has 41 heavy (non-hydrogen) atoms. The van der Waals surface area contributed by atoms with Crippen LogP contribution in [0, 0.1) is 25.1 Å². The number of rotatable bonds is 7. The van der Waals surface area contributed by atoms with Gasteiger partial charge in [0.1, 0.15) is 28.7 Å². The average Bonchev–Trinajstić information content (AvgIpc) is 3.44. The van der Waals surface area contributed by atoms with E-state index in [2.05, 4.69) is 14.9 Å². The Bertz CT molecular complexity index is 1900. The van der Waals surface area contributed by atoms with E-state index in [9.17, 15) is 14.0 Å². The van der Waals surface area contributed by atoms with E-state index in [-0.39, 0.29) is 34.9 Å². The summed E-state index contributed by atoms with van der Waals surface area (Å²) >= 11 is 0. The van der Waals surface area contributed by atoms with Crippen LogP contribution in [0.5, 0.6) is 0 Å². The molecule has 0 radical (unpaired) electrons. The summed E-state index contributed by atoms with van der Waals surface area (Å²) in [4.78, 5) is 34.3. The van der Waals surface area contributed by atoms with Gasteiger partial charge in [-0.05, 0) is 67.4 Å². The predicted octanol–water partition coefficient (Wildman–Crippen LogP) is 5.93. The van der Waals surface area contributed by atoms with Crippen LogP contribution in [0.15, 0.2) is 78.0 Å². The van der Waals surface area contributed by atoms with Gasteiger partial charge in [0, 0.05) is 47.6 Å². The number of aryl methyl sites for hydroxylation is 2. The largest absolute Gasteiger partial charge is 0.383 e. The highest BCUT2D eigenvalue weighted by atomic mass is 19.1. The van der Waals surface area contributed by atoms with E-state index >= 15 is 4.39 Å². The minimum Gasteiger partial charge on any atom is -0.383 e. The minimum absolute atomic E-state index is 0.0176. The lowest BCUT2D eigenvalue weighted by molar-refractivity contribution is 0.0991. The number of hydrogen-bond acceptors (Lipinski definition) is 5. The van der Waals surface area contributed by atoms with E-state index in [4.69, 9.17) is 12.3 Å². The number of carbonyl (C=O) groups is 1. The number of benzene rings is 2. The Kier molecular flexibility index (Phi) is 7.27. The van der Waals surface area contributed by atoms with E-state index in [1.54, 1.807) is 36.1 Å². The van der Waals surface area contributed by atoms with Crippen LogP contribution < -0.4 is 11.3 Å². The second-order valence-corrected chi connectivity index (χ2v) is 9.45. The van der Waals surface area contributed by atoms with Crippen LogP contribution in [0.25, 0.3) is 32.8 Å². The van der Waals surface area contributed by atoms with Crippen molar-refractivity contribution >= 4 is 17.4 Å². The number of nitrogens with two attached hydrogens (primary N) is 1. The van der Waals surface area contributed by atoms with Crippen LogP contribution in [-0.4, -0.2) is 25.1 Å². The van der Waals surface area contributed by atoms with E-state index < -0.39 is 23.0 Å². The van der Waals surface area contributed by atoms with Crippen molar-refractivity contribution in [3.05, 3.63) is 123 Å². The second-order valence-electron chi connectivity index (χ2n) is 9.45. The SMILES string of the molecule is [C-]#[N+]c1c(C)cc(C(=O)Cc2ccc(-c3cc(-c4cnn(CC)c4)cnc3N)c(F)c2)c(=O)n1-c1ccc(F)cc1. The molecule has 5 aromatic rings. The van der Waals surface area contributed by atoms with Gasteiger partial charge in [-0.25, -0.2) is 23.1 Å². The maximum absolute atomic E-state index is 15.4. The number of ketones is 1. The summed E-state index contributed by atoms with van der Waals surface area (Å²) in [5, 5.41) is 4.26. The van der Waals surface area contributed by atoms with Crippen LogP contribution in [0.4, 0.5) is 20.4 Å². The zero-order valence-corrected chi connectivity index (χ0v) is 22.2. The van der Waals surface area contributed by atoms with Crippen molar-refractivity contribution in [1.29, 1.82) is 0 Å². The van der Waals surface area contributed by atoms with Gasteiger partial charge in [0.2, 0.25) is 5.82 Å². The number of nitrogens with zero attached hydrogens (tertiary/aromatic N) is 5. The van der Waals surface area contributed by atoms with Gasteiger partial charge in [-0.2, -0.15) is 5.10 Å². The Hall–Kier alpha value is -5.43. The molecule has 2 N–H and O–H groups in total. The maximum atomic E-state index is 15.4. The summed E-state index contributed by atoms with van der Waals surface area (Å²) in [6.45, 7) is 11.8. The summed E-state index contributed by atoms with van der Waals surface area (Å²) in [6, 6.07) is 12.5. The van der Waals surface area contributed by atoms with Crippen molar-refractivity contribution in [2.24, 2.45) is 0 Å². The van der Waals surface area contributed by atoms with E-state index in [1.165, 1.54) is 42.5 Å². The molecular formula is C31H24F2N6O2. The maximum Gasteiger partial charge on any atom is 0.334 e. The summed E-state index contributed by atoms with van der Waals surface area (Å²) in [5.74, 6) is -1.49. The first-order valence-corrected chi connectivity index (χ1v) is 12.7. The van der Waals surface area contributed by atoms with E-state index in [0.29, 0.717) is 23.2 Å². The molecule has 3 heterocycles. The molecule has 5 rings (SSSR count). The van der Waals surface area contributed by atoms with Gasteiger partial charge < -0.3 is 10.6 Å². The van der Waals surface area contributed by atoms with Crippen molar-refractivity contribution in [1.82, 2.24) is 19.3 Å². The van der Waals surface area contributed by atoms with Gasteiger partial charge in [0.05, 0.1) is 6.20 Å². The molecule has 8 nitrogen and oxygen atoms in total. The summed E-state index contributed by atoms with van der Waals surface area (Å²) < 4.78 is 31.7. The molecular weight excluding hydrogens is 526 g/mol. The number of Topliss-reactive ketones (excluding diaryl/α,β-unsaturated/α-hetero) is 1. The predicted molar refractivity (Wildman–Crippen MR) is 152 cm³/mol. The lowest BCUT2D eigenvalue weighted by Gasteiger charge is -2.12. The highest BCUT2D eigenvalue weighted by molar-refractivity contribution is 5.98. The molecule has 0 amide bonds. The number of nitrogen functional groups attached to an aromatic ring is 1. The zero-order chi connectivity index (χ0) is 29.3. The normalized spacial score (nSPS) is 10.9. The van der Waals surface area contributed by atoms with Gasteiger partial charge >= 0.3 is 5.56 Å². The first-order valence-electron chi connectivity index (χ1n) is 12.7. The molecule has 10 heteroatoms. The molecule has 0 spiro atoms. The highest BCUT2D eigenvalue weighted by Crippen LogP contribution is 2.32. The van der Waals surface area contributed by atoms with Gasteiger partial charge in [0.25, 0.3) is 0 Å². The smallest absolute Gasteiger partial charge is 0.334 e. The third-order valence-corrected chi connectivity index (χ3v) is 6.75. The molecule has 0 aliphatic carbocycles. The molecule has 0 aliphatic heterocycles. The number of halogens is 2. The Labute approximate surface area is 234 Å². The van der Waals surface area contributed by atoms with Crippen LogP contribution in [-0.2, 0) is 13.0 Å². The van der Waals surface area contributed by atoms with Crippen molar-refractivity contribution < 1.29 is 13.6 Å². The Morgan fingerprint density at radius 2 is 1.78 bits per heavy atom. The molecule has 2 aromatic carbocycles. The third kappa shape index (κ3) is 5.25. The average molecular weight is 551 g/mol. The van der Waals surface area contributed by atoms with Crippen LogP contribution in [0.3, 0.4) is 0 Å². The Morgan fingerprint density at radius 3 is 2.44 bits per heavy atom. The summed E-state index contributed by atoms with van der Waals surface area (Å²) in [5.41, 5.74) is 8.38. The molecule has 204 valence electrons. The molecule has 3 aromatic heterocycles.